The third-order valence-corrected chi connectivity index (χ3v) is 7.75. The van der Waals surface area contributed by atoms with E-state index in [1.54, 1.807) is 10.5 Å². The summed E-state index contributed by atoms with van der Waals surface area (Å²) in [6, 6.07) is 5.57. The molecule has 0 unspecified atom stereocenters. The molecule has 2 aliphatic heterocycles. The fraction of sp³-hybridized carbons (Fsp3) is 0.706. The lowest BCUT2D eigenvalue weighted by Crippen LogP contribution is -2.58. The third-order valence-electron chi connectivity index (χ3n) is 5.40. The van der Waals surface area contributed by atoms with Crippen molar-refractivity contribution < 1.29 is 17.9 Å². The van der Waals surface area contributed by atoms with E-state index >= 15 is 0 Å². The second-order valence-corrected chi connectivity index (χ2v) is 9.36. The molecule has 7 heteroatoms. The number of piperidine rings is 1. The Morgan fingerprint density at radius 2 is 2.21 bits per heavy atom. The first kappa shape index (κ1) is 16.3. The molecule has 6 nitrogen and oxygen atoms in total. The minimum absolute atomic E-state index is 0.0700. The van der Waals surface area contributed by atoms with E-state index in [4.69, 9.17) is 9.47 Å². The van der Waals surface area contributed by atoms with Crippen molar-refractivity contribution in [2.24, 2.45) is 5.41 Å². The highest BCUT2D eigenvalue weighted by molar-refractivity contribution is 7.90. The first-order valence-corrected chi connectivity index (χ1v) is 10.2. The van der Waals surface area contributed by atoms with E-state index < -0.39 is 10.0 Å². The zero-order valence-electron chi connectivity index (χ0n) is 13.8. The van der Waals surface area contributed by atoms with E-state index in [1.807, 2.05) is 18.2 Å². The fourth-order valence-corrected chi connectivity index (χ4v) is 5.85. The summed E-state index contributed by atoms with van der Waals surface area (Å²) < 4.78 is 39.0. The Balaban J connectivity index is 1.53. The first-order chi connectivity index (χ1) is 11.6. The van der Waals surface area contributed by atoms with Crippen LogP contribution in [-0.4, -0.2) is 55.4 Å². The van der Waals surface area contributed by atoms with Crippen molar-refractivity contribution in [1.82, 2.24) is 9.29 Å². The van der Waals surface area contributed by atoms with Crippen molar-refractivity contribution in [2.45, 2.75) is 43.5 Å². The van der Waals surface area contributed by atoms with Crippen LogP contribution in [0.1, 0.15) is 32.1 Å². The highest BCUT2D eigenvalue weighted by atomic mass is 32.2. The van der Waals surface area contributed by atoms with Crippen LogP contribution in [0.5, 0.6) is 5.88 Å². The van der Waals surface area contributed by atoms with Gasteiger partial charge in [0.1, 0.15) is 0 Å². The van der Waals surface area contributed by atoms with E-state index in [2.05, 4.69) is 4.98 Å². The van der Waals surface area contributed by atoms with Gasteiger partial charge in [-0.1, -0.05) is 6.07 Å². The maximum absolute atomic E-state index is 12.7. The molecule has 2 saturated heterocycles. The SMILES string of the molecule is O=S(=O)(C1CC1)N1CC[C@@H]2OCCC[C@@]2(COc2ccccn2)C1. The molecule has 4 rings (SSSR count). The lowest BCUT2D eigenvalue weighted by molar-refractivity contribution is -0.128. The molecule has 1 saturated carbocycles. The molecule has 0 spiro atoms. The maximum atomic E-state index is 12.7. The second kappa shape index (κ2) is 6.28. The van der Waals surface area contributed by atoms with Gasteiger partial charge in [-0.05, 0) is 38.2 Å². The van der Waals surface area contributed by atoms with Crippen LogP contribution in [0, 0.1) is 5.41 Å². The van der Waals surface area contributed by atoms with Gasteiger partial charge in [0.05, 0.1) is 18.0 Å². The Labute approximate surface area is 143 Å². The molecule has 0 N–H and O–H groups in total. The van der Waals surface area contributed by atoms with Crippen LogP contribution in [0.3, 0.4) is 0 Å². The van der Waals surface area contributed by atoms with Crippen molar-refractivity contribution in [1.29, 1.82) is 0 Å². The average Bonchev–Trinajstić information content (AvgIpc) is 3.46. The number of aromatic nitrogens is 1. The van der Waals surface area contributed by atoms with Gasteiger partial charge in [0.25, 0.3) is 0 Å². The summed E-state index contributed by atoms with van der Waals surface area (Å²) in [5.74, 6) is 0.582. The van der Waals surface area contributed by atoms with Crippen LogP contribution in [0.4, 0.5) is 0 Å². The highest BCUT2D eigenvalue weighted by Crippen LogP contribution is 2.43. The molecule has 1 aliphatic carbocycles. The number of ether oxygens (including phenoxy) is 2. The molecular formula is C17H24N2O4S. The van der Waals surface area contributed by atoms with Crippen LogP contribution >= 0.6 is 0 Å². The molecule has 0 amide bonds. The summed E-state index contributed by atoms with van der Waals surface area (Å²) in [4.78, 5) is 4.21. The Morgan fingerprint density at radius 1 is 1.33 bits per heavy atom. The number of pyridine rings is 1. The molecule has 2 atom stereocenters. The Hall–Kier alpha value is -1.18. The standard InChI is InChI=1S/C17H24N2O4S/c20-24(21,14-5-6-14)19-10-7-15-17(12-19,8-3-11-22-15)13-23-16-4-1-2-9-18-16/h1-2,4,9,14-15H,3,5-8,10-13H2/t15-,17-/m0/s1. The van der Waals surface area contributed by atoms with Crippen LogP contribution < -0.4 is 4.74 Å². The van der Waals surface area contributed by atoms with E-state index in [-0.39, 0.29) is 16.8 Å². The van der Waals surface area contributed by atoms with Crippen LogP contribution in [0.15, 0.2) is 24.4 Å². The Morgan fingerprint density at radius 3 is 2.96 bits per heavy atom. The van der Waals surface area contributed by atoms with Gasteiger partial charge in [-0.3, -0.25) is 0 Å². The second-order valence-electron chi connectivity index (χ2n) is 7.15. The number of nitrogens with zero attached hydrogens (tertiary/aromatic N) is 2. The van der Waals surface area contributed by atoms with Crippen molar-refractivity contribution in [2.75, 3.05) is 26.3 Å². The van der Waals surface area contributed by atoms with Crippen molar-refractivity contribution in [3.8, 4) is 5.88 Å². The molecular weight excluding hydrogens is 328 g/mol. The predicted molar refractivity (Wildman–Crippen MR) is 89.3 cm³/mol. The van der Waals surface area contributed by atoms with Gasteiger partial charge in [0.15, 0.2) is 0 Å². The van der Waals surface area contributed by atoms with Gasteiger partial charge < -0.3 is 9.47 Å². The molecule has 3 aliphatic rings. The molecule has 0 radical (unpaired) electrons. The summed E-state index contributed by atoms with van der Waals surface area (Å²) in [5, 5.41) is -0.160. The zero-order valence-corrected chi connectivity index (χ0v) is 14.6. The summed E-state index contributed by atoms with van der Waals surface area (Å²) in [6.45, 7) is 2.27. The van der Waals surface area contributed by atoms with Crippen molar-refractivity contribution in [3.05, 3.63) is 24.4 Å². The van der Waals surface area contributed by atoms with E-state index in [9.17, 15) is 8.42 Å². The summed E-state index contributed by atoms with van der Waals surface area (Å²) in [6.07, 6.45) is 6.00. The van der Waals surface area contributed by atoms with Crippen molar-refractivity contribution >= 4 is 10.0 Å². The van der Waals surface area contributed by atoms with E-state index in [0.717, 1.165) is 38.7 Å². The van der Waals surface area contributed by atoms with Crippen LogP contribution in [-0.2, 0) is 14.8 Å². The molecule has 0 bridgehead atoms. The summed E-state index contributed by atoms with van der Waals surface area (Å²) in [7, 11) is -3.15. The quantitative estimate of drug-likeness (QED) is 0.809. The van der Waals surface area contributed by atoms with Gasteiger partial charge in [-0.15, -0.1) is 0 Å². The van der Waals surface area contributed by atoms with Crippen molar-refractivity contribution in [3.63, 3.8) is 0 Å². The lowest BCUT2D eigenvalue weighted by atomic mass is 9.73. The number of hydrogen-bond acceptors (Lipinski definition) is 5. The molecule has 24 heavy (non-hydrogen) atoms. The number of sulfonamides is 1. The van der Waals surface area contributed by atoms with Gasteiger partial charge in [-0.25, -0.2) is 17.7 Å². The van der Waals surface area contributed by atoms with Crippen LogP contribution in [0.2, 0.25) is 0 Å². The maximum Gasteiger partial charge on any atom is 0.217 e. The minimum Gasteiger partial charge on any atom is -0.477 e. The highest BCUT2D eigenvalue weighted by Gasteiger charge is 2.51. The topological polar surface area (TPSA) is 68.7 Å². The molecule has 1 aromatic heterocycles. The van der Waals surface area contributed by atoms with Gasteiger partial charge in [0.2, 0.25) is 15.9 Å². The average molecular weight is 352 g/mol. The van der Waals surface area contributed by atoms with Gasteiger partial charge >= 0.3 is 0 Å². The zero-order chi connectivity index (χ0) is 16.6. The number of rotatable bonds is 5. The first-order valence-electron chi connectivity index (χ1n) is 8.75. The molecule has 3 heterocycles. The molecule has 0 aromatic carbocycles. The largest absolute Gasteiger partial charge is 0.477 e. The number of hydrogen-bond donors (Lipinski definition) is 0. The third kappa shape index (κ3) is 3.05. The number of fused-ring (bicyclic) bond motifs is 1. The van der Waals surface area contributed by atoms with E-state index in [1.165, 1.54) is 0 Å². The predicted octanol–water partition coefficient (Wildman–Crippen LogP) is 1.82. The molecule has 132 valence electrons. The van der Waals surface area contributed by atoms with Crippen LogP contribution in [0.25, 0.3) is 0 Å². The van der Waals surface area contributed by atoms with E-state index in [0.29, 0.717) is 25.6 Å². The summed E-state index contributed by atoms with van der Waals surface area (Å²) >= 11 is 0. The van der Waals surface area contributed by atoms with Gasteiger partial charge in [-0.2, -0.15) is 0 Å². The lowest BCUT2D eigenvalue weighted by Gasteiger charge is -2.49. The smallest absolute Gasteiger partial charge is 0.217 e. The molecule has 3 fully saturated rings. The Bertz CT molecular complexity index is 677. The molecule has 1 aromatic rings. The summed E-state index contributed by atoms with van der Waals surface area (Å²) in [5.41, 5.74) is -0.268. The minimum atomic E-state index is -3.15. The fourth-order valence-electron chi connectivity index (χ4n) is 3.90. The monoisotopic (exact) mass is 352 g/mol. The Kier molecular flexibility index (Phi) is 4.26. The van der Waals surface area contributed by atoms with Gasteiger partial charge in [0, 0.05) is 37.4 Å². The normalized spacial score (nSPS) is 31.4.